The van der Waals surface area contributed by atoms with Crippen molar-refractivity contribution >= 4 is 45.4 Å². The first-order valence-corrected chi connectivity index (χ1v) is 10.8. The number of aliphatic hydroxyl groups is 1. The number of halogens is 1. The van der Waals surface area contributed by atoms with Gasteiger partial charge in [-0.05, 0) is 47.5 Å². The maximum Gasteiger partial charge on any atom is 0.335 e. The largest absolute Gasteiger partial charge is 0.503 e. The molecule has 1 aliphatic heterocycles. The molecule has 1 heterocycles. The fourth-order valence-electron chi connectivity index (χ4n) is 3.70. The lowest BCUT2D eigenvalue weighted by Crippen LogP contribution is -2.31. The molecule has 0 saturated heterocycles. The number of carboxylic acid groups (broad SMARTS) is 1. The molecule has 2 N–H and O–H groups in total. The molecule has 0 aliphatic carbocycles. The maximum absolute atomic E-state index is 13.2. The second kappa shape index (κ2) is 9.26. The molecule has 33 heavy (non-hydrogen) atoms. The molecule has 1 atom stereocenters. The van der Waals surface area contributed by atoms with Gasteiger partial charge in [0.2, 0.25) is 0 Å². The fourth-order valence-corrected chi connectivity index (χ4v) is 3.96. The van der Waals surface area contributed by atoms with E-state index in [-0.39, 0.29) is 16.8 Å². The van der Waals surface area contributed by atoms with Crippen molar-refractivity contribution in [2.24, 2.45) is 0 Å². The topological polar surface area (TPSA) is 94.9 Å². The van der Waals surface area contributed by atoms with Gasteiger partial charge in [-0.15, -0.1) is 0 Å². The number of benzene rings is 3. The van der Waals surface area contributed by atoms with E-state index in [0.717, 1.165) is 10.0 Å². The van der Waals surface area contributed by atoms with E-state index >= 15 is 0 Å². The van der Waals surface area contributed by atoms with Gasteiger partial charge in [-0.25, -0.2) is 4.79 Å². The number of hydrogen-bond donors (Lipinski definition) is 2. The van der Waals surface area contributed by atoms with Crippen molar-refractivity contribution in [3.8, 4) is 0 Å². The van der Waals surface area contributed by atoms with Crippen molar-refractivity contribution in [2.45, 2.75) is 6.04 Å². The Hall–Kier alpha value is -3.97. The van der Waals surface area contributed by atoms with Crippen molar-refractivity contribution < 1.29 is 24.6 Å². The summed E-state index contributed by atoms with van der Waals surface area (Å²) in [5.41, 5.74) is 1.55. The number of carbonyl (C=O) groups is 3. The van der Waals surface area contributed by atoms with Gasteiger partial charge in [0.25, 0.3) is 5.91 Å². The van der Waals surface area contributed by atoms with E-state index in [2.05, 4.69) is 15.9 Å². The Morgan fingerprint density at radius 2 is 1.64 bits per heavy atom. The zero-order valence-electron chi connectivity index (χ0n) is 17.2. The molecule has 0 saturated carbocycles. The summed E-state index contributed by atoms with van der Waals surface area (Å²) >= 11 is 3.37. The van der Waals surface area contributed by atoms with Crippen LogP contribution in [0, 0.1) is 0 Å². The molecule has 0 radical (unpaired) electrons. The number of rotatable bonds is 6. The Balaban J connectivity index is 1.81. The molecule has 1 aliphatic rings. The van der Waals surface area contributed by atoms with Crippen LogP contribution in [0.2, 0.25) is 0 Å². The fraction of sp³-hybridized carbons (Fsp3) is 0.0385. The van der Waals surface area contributed by atoms with Gasteiger partial charge in [0.15, 0.2) is 11.5 Å². The van der Waals surface area contributed by atoms with Crippen molar-refractivity contribution in [2.75, 3.05) is 4.90 Å². The minimum absolute atomic E-state index is 0.0157. The number of ketones is 1. The van der Waals surface area contributed by atoms with Crippen LogP contribution in [0.3, 0.4) is 0 Å². The van der Waals surface area contributed by atoms with Crippen LogP contribution in [0.15, 0.2) is 101 Å². The van der Waals surface area contributed by atoms with Crippen LogP contribution in [0.25, 0.3) is 6.08 Å². The zero-order valence-corrected chi connectivity index (χ0v) is 18.8. The molecule has 4 rings (SSSR count). The van der Waals surface area contributed by atoms with Crippen molar-refractivity contribution in [3.63, 3.8) is 0 Å². The Kier molecular flexibility index (Phi) is 6.24. The minimum Gasteiger partial charge on any atom is -0.503 e. The third-order valence-electron chi connectivity index (χ3n) is 5.26. The van der Waals surface area contributed by atoms with Crippen molar-refractivity contribution in [1.29, 1.82) is 0 Å². The molecule has 164 valence electrons. The van der Waals surface area contributed by atoms with Gasteiger partial charge >= 0.3 is 5.97 Å². The molecular formula is C26H18BrNO5. The second-order valence-corrected chi connectivity index (χ2v) is 8.27. The summed E-state index contributed by atoms with van der Waals surface area (Å²) in [6.45, 7) is 0. The van der Waals surface area contributed by atoms with Crippen LogP contribution in [0.1, 0.15) is 27.5 Å². The molecule has 3 aromatic carbocycles. The maximum atomic E-state index is 13.2. The highest BCUT2D eigenvalue weighted by molar-refractivity contribution is 9.10. The lowest BCUT2D eigenvalue weighted by atomic mass is 9.95. The summed E-state index contributed by atoms with van der Waals surface area (Å²) in [6.07, 6.45) is 2.93. The Labute approximate surface area is 198 Å². The summed E-state index contributed by atoms with van der Waals surface area (Å²) in [5, 5.41) is 20.1. The van der Waals surface area contributed by atoms with E-state index < -0.39 is 29.5 Å². The molecule has 3 aromatic rings. The lowest BCUT2D eigenvalue weighted by molar-refractivity contribution is -0.117. The molecule has 0 fully saturated rings. The number of hydrogen-bond acceptors (Lipinski definition) is 4. The molecule has 6 nitrogen and oxygen atoms in total. The first kappa shape index (κ1) is 22.2. The molecule has 1 unspecified atom stereocenters. The number of allylic oxidation sites excluding steroid dienone is 1. The van der Waals surface area contributed by atoms with Crippen LogP contribution < -0.4 is 4.90 Å². The second-order valence-electron chi connectivity index (χ2n) is 7.36. The third-order valence-corrected chi connectivity index (χ3v) is 5.79. The number of aromatic carboxylic acids is 1. The summed E-state index contributed by atoms with van der Waals surface area (Å²) < 4.78 is 0.806. The average molecular weight is 504 g/mol. The molecule has 7 heteroatoms. The number of amides is 1. The van der Waals surface area contributed by atoms with Crippen LogP contribution in [0.5, 0.6) is 0 Å². The van der Waals surface area contributed by atoms with E-state index in [9.17, 15) is 24.6 Å². The molecular weight excluding hydrogens is 486 g/mol. The summed E-state index contributed by atoms with van der Waals surface area (Å²) in [5.74, 6) is -3.11. The Morgan fingerprint density at radius 3 is 2.30 bits per heavy atom. The van der Waals surface area contributed by atoms with Gasteiger partial charge in [0, 0.05) is 10.2 Å². The number of aliphatic hydroxyl groups excluding tert-OH is 1. The number of nitrogens with zero attached hydrogens (tertiary/aromatic N) is 1. The summed E-state index contributed by atoms with van der Waals surface area (Å²) in [4.78, 5) is 39.0. The SMILES string of the molecule is O=C(/C=C/c1ccccc1)C1=C(O)C(=O)N(c2cccc(C(=O)O)c2)C1c1ccc(Br)cc1. The van der Waals surface area contributed by atoms with Crippen molar-refractivity contribution in [1.82, 2.24) is 0 Å². The predicted octanol–water partition coefficient (Wildman–Crippen LogP) is 5.33. The zero-order chi connectivity index (χ0) is 23.5. The normalized spacial score (nSPS) is 16.0. The van der Waals surface area contributed by atoms with Gasteiger partial charge in [-0.2, -0.15) is 0 Å². The smallest absolute Gasteiger partial charge is 0.335 e. The summed E-state index contributed by atoms with van der Waals surface area (Å²) in [7, 11) is 0. The standard InChI is InChI=1S/C26H18BrNO5/c27-19-12-10-17(11-13-19)23-22(21(29)14-9-16-5-2-1-3-6-16)24(30)25(31)28(23)20-8-4-7-18(15-20)26(32)33/h1-15,23,30H,(H,32,33)/b14-9+. The number of carbonyl (C=O) groups excluding carboxylic acids is 2. The number of carboxylic acids is 1. The Bertz CT molecular complexity index is 1300. The van der Waals surface area contributed by atoms with Crippen LogP contribution in [-0.4, -0.2) is 27.9 Å². The molecule has 0 spiro atoms. The van der Waals surface area contributed by atoms with Gasteiger partial charge < -0.3 is 10.2 Å². The van der Waals surface area contributed by atoms with Crippen LogP contribution in [-0.2, 0) is 9.59 Å². The minimum atomic E-state index is -1.15. The van der Waals surface area contributed by atoms with Gasteiger partial charge in [0.05, 0.1) is 17.2 Å². The van der Waals surface area contributed by atoms with Gasteiger partial charge in [0.1, 0.15) is 0 Å². The highest BCUT2D eigenvalue weighted by Crippen LogP contribution is 2.41. The van der Waals surface area contributed by atoms with E-state index in [1.54, 1.807) is 36.4 Å². The van der Waals surface area contributed by atoms with Gasteiger partial charge in [-0.3, -0.25) is 14.5 Å². The number of anilines is 1. The Morgan fingerprint density at radius 1 is 0.939 bits per heavy atom. The highest BCUT2D eigenvalue weighted by Gasteiger charge is 2.43. The van der Waals surface area contributed by atoms with E-state index in [1.807, 2.05) is 30.3 Å². The van der Waals surface area contributed by atoms with E-state index in [1.165, 1.54) is 29.2 Å². The average Bonchev–Trinajstić information content (AvgIpc) is 3.09. The van der Waals surface area contributed by atoms with E-state index in [4.69, 9.17) is 0 Å². The van der Waals surface area contributed by atoms with Crippen LogP contribution in [0.4, 0.5) is 5.69 Å². The summed E-state index contributed by atoms with van der Waals surface area (Å²) in [6, 6.07) is 21.1. The van der Waals surface area contributed by atoms with Crippen molar-refractivity contribution in [3.05, 3.63) is 117 Å². The quantitative estimate of drug-likeness (QED) is 0.443. The first-order chi connectivity index (χ1) is 15.9. The van der Waals surface area contributed by atoms with Crippen LogP contribution >= 0.6 is 15.9 Å². The van der Waals surface area contributed by atoms with E-state index in [0.29, 0.717) is 5.56 Å². The third kappa shape index (κ3) is 4.49. The van der Waals surface area contributed by atoms with Gasteiger partial charge in [-0.1, -0.05) is 70.5 Å². The molecule has 0 aromatic heterocycles. The monoisotopic (exact) mass is 503 g/mol. The lowest BCUT2D eigenvalue weighted by Gasteiger charge is -2.27. The molecule has 0 bridgehead atoms. The molecule has 1 amide bonds. The predicted molar refractivity (Wildman–Crippen MR) is 128 cm³/mol. The first-order valence-electron chi connectivity index (χ1n) is 10.00. The highest BCUT2D eigenvalue weighted by atomic mass is 79.9.